The normalized spacial score (nSPS) is 42.2. The molecule has 0 bridgehead atoms. The third-order valence-corrected chi connectivity index (χ3v) is 3.24. The fourth-order valence-corrected chi connectivity index (χ4v) is 2.10. The van der Waals surface area contributed by atoms with Gasteiger partial charge in [-0.15, -0.1) is 12.6 Å². The van der Waals surface area contributed by atoms with Crippen molar-refractivity contribution in [2.75, 3.05) is 13.7 Å². The zero-order valence-corrected chi connectivity index (χ0v) is 10.2. The minimum atomic E-state index is -1.58. The van der Waals surface area contributed by atoms with Crippen LogP contribution in [-0.2, 0) is 9.47 Å². The Morgan fingerprint density at radius 2 is 2.00 bits per heavy atom. The fourth-order valence-electron chi connectivity index (χ4n) is 1.67. The highest BCUT2D eigenvalue weighted by molar-refractivity contribution is 7.81. The van der Waals surface area contributed by atoms with E-state index in [9.17, 15) is 15.3 Å². The second-order valence-electron chi connectivity index (χ2n) is 3.91. The van der Waals surface area contributed by atoms with E-state index in [-0.39, 0.29) is 12.3 Å². The largest absolute Gasteiger partial charge is 0.484 e. The lowest BCUT2D eigenvalue weighted by Crippen LogP contribution is -2.63. The summed E-state index contributed by atoms with van der Waals surface area (Å²) in [5.41, 5.74) is 0. The van der Waals surface area contributed by atoms with Crippen LogP contribution in [0.1, 0.15) is 6.42 Å². The number of ether oxygens (including phenoxy) is 2. The van der Waals surface area contributed by atoms with Gasteiger partial charge in [-0.1, -0.05) is 0 Å². The summed E-state index contributed by atoms with van der Waals surface area (Å²) in [5, 5.41) is 45.3. The molecule has 0 aromatic heterocycles. The van der Waals surface area contributed by atoms with E-state index in [1.807, 2.05) is 0 Å². The number of hydrogen-bond donors (Lipinski definition) is 6. The molecule has 1 heterocycles. The van der Waals surface area contributed by atoms with Crippen molar-refractivity contribution in [2.45, 2.75) is 35.8 Å². The molecule has 1 aliphatic rings. The molecule has 1 aliphatic heterocycles. The van der Waals surface area contributed by atoms with Gasteiger partial charge < -0.3 is 29.9 Å². The quantitative estimate of drug-likeness (QED) is 0.202. The molecule has 5 atom stereocenters. The number of hydrogen-bond acceptors (Lipinski definition) is 8. The molecule has 0 saturated carbocycles. The molecule has 0 aromatic rings. The Morgan fingerprint density at radius 1 is 1.41 bits per heavy atom. The van der Waals surface area contributed by atoms with Crippen molar-refractivity contribution in [3.05, 3.63) is 0 Å². The fraction of sp³-hybridized carbons (Fsp3) is 0.889. The summed E-state index contributed by atoms with van der Waals surface area (Å²) in [7, 11) is 1.28. The van der Waals surface area contributed by atoms with Crippen LogP contribution in [0.3, 0.4) is 0 Å². The molecular weight excluding hydrogens is 250 g/mol. The molecule has 0 radical (unpaired) electrons. The van der Waals surface area contributed by atoms with Crippen LogP contribution in [-0.4, -0.2) is 69.4 Å². The molecule has 1 rings (SSSR count). The number of rotatable bonds is 3. The van der Waals surface area contributed by atoms with Gasteiger partial charge in [-0.2, -0.15) is 0 Å². The topological polar surface area (TPSA) is 123 Å². The van der Waals surface area contributed by atoms with E-state index in [0.29, 0.717) is 0 Å². The van der Waals surface area contributed by atoms with Crippen molar-refractivity contribution >= 4 is 18.5 Å². The summed E-state index contributed by atoms with van der Waals surface area (Å²) in [5.74, 6) is -0.195. The van der Waals surface area contributed by atoms with Crippen LogP contribution in [0.5, 0.6) is 0 Å². The summed E-state index contributed by atoms with van der Waals surface area (Å²) in [6.45, 7) is -0.534. The van der Waals surface area contributed by atoms with E-state index in [1.165, 1.54) is 7.11 Å². The summed E-state index contributed by atoms with van der Waals surface area (Å²) in [6.07, 6.45) is -5.70. The number of aliphatic hydroxyl groups is 4. The molecule has 0 unspecified atom stereocenters. The Labute approximate surface area is 104 Å². The highest BCUT2D eigenvalue weighted by Crippen LogP contribution is 2.36. The van der Waals surface area contributed by atoms with Crippen molar-refractivity contribution < 1.29 is 29.9 Å². The second kappa shape index (κ2) is 5.51. The molecule has 0 amide bonds. The van der Waals surface area contributed by atoms with Gasteiger partial charge in [0.25, 0.3) is 0 Å². The van der Waals surface area contributed by atoms with Gasteiger partial charge in [0.2, 0.25) is 0 Å². The highest BCUT2D eigenvalue weighted by atomic mass is 32.1. The first-order chi connectivity index (χ1) is 7.85. The summed E-state index contributed by atoms with van der Waals surface area (Å²) in [6, 6.07) is 0. The van der Waals surface area contributed by atoms with E-state index < -0.39 is 36.0 Å². The maximum absolute atomic E-state index is 9.78. The second-order valence-corrected chi connectivity index (χ2v) is 4.67. The molecular formula is C9H17NO6S. The molecule has 0 aliphatic carbocycles. The van der Waals surface area contributed by atoms with Gasteiger partial charge in [-0.25, -0.2) is 0 Å². The Balaban J connectivity index is 2.86. The van der Waals surface area contributed by atoms with Crippen LogP contribution < -0.4 is 0 Å². The SMILES string of the molecule is COC(=N)C[C@@]1(S)O[C@H](CO)[C@@H](O)[C@H](O)[C@@H]1O. The Kier molecular flexibility index (Phi) is 4.76. The van der Waals surface area contributed by atoms with Gasteiger partial charge in [0.05, 0.1) is 20.1 Å². The first kappa shape index (κ1) is 14.7. The van der Waals surface area contributed by atoms with Crippen molar-refractivity contribution in [3.63, 3.8) is 0 Å². The molecule has 8 heteroatoms. The third kappa shape index (κ3) is 2.90. The molecule has 17 heavy (non-hydrogen) atoms. The van der Waals surface area contributed by atoms with Crippen LogP contribution in [0.4, 0.5) is 0 Å². The maximum atomic E-state index is 9.78. The van der Waals surface area contributed by atoms with E-state index in [2.05, 4.69) is 17.4 Å². The predicted octanol–water partition coefficient (Wildman–Crippen LogP) is -1.90. The van der Waals surface area contributed by atoms with E-state index in [4.69, 9.17) is 15.3 Å². The Bertz CT molecular complexity index is 289. The number of thiol groups is 1. The third-order valence-electron chi connectivity index (χ3n) is 2.71. The predicted molar refractivity (Wildman–Crippen MR) is 61.0 cm³/mol. The van der Waals surface area contributed by atoms with Crippen LogP contribution in [0.25, 0.3) is 0 Å². The van der Waals surface area contributed by atoms with Crippen molar-refractivity contribution in [2.24, 2.45) is 0 Å². The molecule has 7 nitrogen and oxygen atoms in total. The van der Waals surface area contributed by atoms with Crippen LogP contribution in [0.15, 0.2) is 0 Å². The van der Waals surface area contributed by atoms with Crippen LogP contribution >= 0.6 is 12.6 Å². The van der Waals surface area contributed by atoms with Gasteiger partial charge in [0, 0.05) is 0 Å². The van der Waals surface area contributed by atoms with Gasteiger partial charge in [0.1, 0.15) is 29.3 Å². The van der Waals surface area contributed by atoms with E-state index in [0.717, 1.165) is 0 Å². The Hall–Kier alpha value is -0.380. The zero-order valence-electron chi connectivity index (χ0n) is 9.28. The van der Waals surface area contributed by atoms with Crippen molar-refractivity contribution in [3.8, 4) is 0 Å². The monoisotopic (exact) mass is 267 g/mol. The van der Waals surface area contributed by atoms with Gasteiger partial charge in [-0.05, 0) is 0 Å². The maximum Gasteiger partial charge on any atom is 0.183 e. The smallest absolute Gasteiger partial charge is 0.183 e. The van der Waals surface area contributed by atoms with Gasteiger partial charge in [-0.3, -0.25) is 5.41 Å². The molecule has 100 valence electrons. The Morgan fingerprint density at radius 3 is 2.47 bits per heavy atom. The van der Waals surface area contributed by atoms with Crippen LogP contribution in [0.2, 0.25) is 0 Å². The minimum Gasteiger partial charge on any atom is -0.484 e. The zero-order chi connectivity index (χ0) is 13.2. The molecule has 1 saturated heterocycles. The molecule has 0 spiro atoms. The summed E-state index contributed by atoms with van der Waals surface area (Å²) in [4.78, 5) is -1.58. The minimum absolute atomic E-state index is 0.195. The first-order valence-electron chi connectivity index (χ1n) is 5.02. The lowest BCUT2D eigenvalue weighted by molar-refractivity contribution is -0.239. The van der Waals surface area contributed by atoms with E-state index >= 15 is 0 Å². The van der Waals surface area contributed by atoms with Crippen molar-refractivity contribution in [1.82, 2.24) is 0 Å². The van der Waals surface area contributed by atoms with E-state index in [1.54, 1.807) is 0 Å². The highest BCUT2D eigenvalue weighted by Gasteiger charge is 2.52. The standard InChI is InChI=1S/C9H17NO6S/c1-15-5(10)2-9(17)8(14)7(13)6(12)4(3-11)16-9/h4,6-8,10-14,17H,2-3H2,1H3/t4-,6-,7+,8+,9+/m1/s1. The average molecular weight is 267 g/mol. The lowest BCUT2D eigenvalue weighted by atomic mass is 9.93. The first-order valence-corrected chi connectivity index (χ1v) is 5.47. The van der Waals surface area contributed by atoms with Gasteiger partial charge in [0.15, 0.2) is 5.90 Å². The number of aliphatic hydroxyl groups excluding tert-OH is 4. The summed E-state index contributed by atoms with van der Waals surface area (Å²) < 4.78 is 9.86. The molecule has 0 aromatic carbocycles. The van der Waals surface area contributed by atoms with Gasteiger partial charge >= 0.3 is 0 Å². The lowest BCUT2D eigenvalue weighted by Gasteiger charge is -2.45. The van der Waals surface area contributed by atoms with Crippen molar-refractivity contribution in [1.29, 1.82) is 5.41 Å². The average Bonchev–Trinajstić information content (AvgIpc) is 2.31. The molecule has 1 fully saturated rings. The van der Waals surface area contributed by atoms with Crippen LogP contribution in [0, 0.1) is 5.41 Å². The molecule has 5 N–H and O–H groups in total. The number of methoxy groups -OCH3 is 1. The number of nitrogens with one attached hydrogen (secondary N) is 1. The summed E-state index contributed by atoms with van der Waals surface area (Å²) >= 11 is 4.08.